The maximum atomic E-state index is 12.6. The maximum Gasteiger partial charge on any atom is 0.255 e. The Morgan fingerprint density at radius 1 is 1.24 bits per heavy atom. The fraction of sp³-hybridized carbons (Fsp3) is 0.444. The van der Waals surface area contributed by atoms with Crippen LogP contribution in [0.1, 0.15) is 44.0 Å². The average Bonchev–Trinajstić information content (AvgIpc) is 2.78. The van der Waals surface area contributed by atoms with Crippen LogP contribution in [-0.2, 0) is 4.79 Å². The van der Waals surface area contributed by atoms with Crippen molar-refractivity contribution in [2.45, 2.75) is 33.6 Å². The topological polar surface area (TPSA) is 46.2 Å². The Labute approximate surface area is 125 Å². The van der Waals surface area contributed by atoms with Crippen molar-refractivity contribution in [3.05, 3.63) is 47.7 Å². The van der Waals surface area contributed by atoms with E-state index < -0.39 is 0 Å². The van der Waals surface area contributed by atoms with E-state index in [1.807, 2.05) is 18.2 Å². The Hall–Kier alpha value is -1.90. The van der Waals surface area contributed by atoms with E-state index in [0.29, 0.717) is 5.56 Å². The average molecular weight is 283 g/mol. The Kier molecular flexibility index (Phi) is 3.05. The molecule has 0 spiro atoms. The minimum atomic E-state index is -0.277. The van der Waals surface area contributed by atoms with Crippen LogP contribution in [0.15, 0.2) is 42.1 Å². The number of benzene rings is 1. The molecule has 2 saturated carbocycles. The van der Waals surface area contributed by atoms with Gasteiger partial charge < -0.3 is 5.32 Å². The number of allylic oxidation sites excluding steroid dienone is 1. The molecule has 1 aromatic carbocycles. The van der Waals surface area contributed by atoms with Gasteiger partial charge in [-0.3, -0.25) is 9.59 Å². The predicted octanol–water partition coefficient (Wildman–Crippen LogP) is 3.33. The monoisotopic (exact) mass is 283 g/mol. The molecule has 1 amide bonds. The van der Waals surface area contributed by atoms with Gasteiger partial charge in [-0.05, 0) is 36.3 Å². The van der Waals surface area contributed by atoms with Gasteiger partial charge in [0.25, 0.3) is 5.91 Å². The van der Waals surface area contributed by atoms with Crippen LogP contribution in [0, 0.1) is 16.7 Å². The lowest BCUT2D eigenvalue weighted by molar-refractivity contribution is -0.125. The highest BCUT2D eigenvalue weighted by Crippen LogP contribution is 2.65. The van der Waals surface area contributed by atoms with E-state index in [4.69, 9.17) is 0 Å². The highest BCUT2D eigenvalue weighted by molar-refractivity contribution is 6.05. The summed E-state index contributed by atoms with van der Waals surface area (Å²) in [4.78, 5) is 24.7. The van der Waals surface area contributed by atoms with Crippen LogP contribution in [0.2, 0.25) is 0 Å². The molecule has 0 aromatic heterocycles. The maximum absolute atomic E-state index is 12.6. The molecule has 3 nitrogen and oxygen atoms in total. The fourth-order valence-corrected chi connectivity index (χ4v) is 3.91. The first-order valence-corrected chi connectivity index (χ1v) is 7.49. The number of ketones is 1. The third kappa shape index (κ3) is 1.87. The Bertz CT molecular complexity index is 630. The number of Topliss-reactive ketones (excluding diaryl/α,β-unsaturated/α-hetero) is 1. The van der Waals surface area contributed by atoms with Crippen molar-refractivity contribution < 1.29 is 9.59 Å². The van der Waals surface area contributed by atoms with E-state index in [-0.39, 0.29) is 28.4 Å². The molecule has 110 valence electrons. The highest BCUT2D eigenvalue weighted by Gasteiger charge is 2.63. The molecule has 2 aliphatic carbocycles. The van der Waals surface area contributed by atoms with Gasteiger partial charge in [0.05, 0.1) is 0 Å². The molecule has 2 fully saturated rings. The lowest BCUT2D eigenvalue weighted by atomic mass is 9.70. The van der Waals surface area contributed by atoms with E-state index in [1.165, 1.54) is 0 Å². The standard InChI is InChI=1S/C18H21NO2/c1-17(2)14-9-10-18(17,3)15(20)13(14)11-19-16(21)12-7-5-4-6-8-12/h4-8,11,14H,9-10H2,1-3H3,(H,19,21)/b13-11+/t14-,18+/m0/s1. The van der Waals surface area contributed by atoms with Crippen molar-refractivity contribution in [3.8, 4) is 0 Å². The minimum Gasteiger partial charge on any atom is -0.328 e. The summed E-state index contributed by atoms with van der Waals surface area (Å²) >= 11 is 0. The minimum absolute atomic E-state index is 0.0204. The molecule has 0 radical (unpaired) electrons. The van der Waals surface area contributed by atoms with Crippen molar-refractivity contribution in [3.63, 3.8) is 0 Å². The molecule has 1 aromatic rings. The van der Waals surface area contributed by atoms with Crippen molar-refractivity contribution in [2.75, 3.05) is 0 Å². The van der Waals surface area contributed by atoms with Gasteiger partial charge in [0.2, 0.25) is 0 Å². The molecule has 0 unspecified atom stereocenters. The van der Waals surface area contributed by atoms with Crippen LogP contribution in [-0.4, -0.2) is 11.7 Å². The summed E-state index contributed by atoms with van der Waals surface area (Å²) in [5, 5.41) is 2.79. The molecule has 0 heterocycles. The van der Waals surface area contributed by atoms with Gasteiger partial charge in [-0.1, -0.05) is 39.0 Å². The van der Waals surface area contributed by atoms with E-state index in [0.717, 1.165) is 18.4 Å². The molecule has 2 atom stereocenters. The zero-order chi connectivity index (χ0) is 15.3. The molecular formula is C18H21NO2. The quantitative estimate of drug-likeness (QED) is 0.846. The Morgan fingerprint density at radius 2 is 1.90 bits per heavy atom. The van der Waals surface area contributed by atoms with E-state index in [9.17, 15) is 9.59 Å². The van der Waals surface area contributed by atoms with Gasteiger partial charge in [0.15, 0.2) is 5.78 Å². The summed E-state index contributed by atoms with van der Waals surface area (Å²) < 4.78 is 0. The van der Waals surface area contributed by atoms with Crippen molar-refractivity contribution in [1.82, 2.24) is 5.32 Å². The van der Waals surface area contributed by atoms with Gasteiger partial charge in [-0.2, -0.15) is 0 Å². The largest absolute Gasteiger partial charge is 0.328 e. The highest BCUT2D eigenvalue weighted by atomic mass is 16.1. The van der Waals surface area contributed by atoms with Crippen molar-refractivity contribution >= 4 is 11.7 Å². The lowest BCUT2D eigenvalue weighted by Crippen LogP contribution is -2.32. The third-order valence-electron chi connectivity index (χ3n) is 5.76. The molecule has 21 heavy (non-hydrogen) atoms. The normalized spacial score (nSPS) is 31.7. The molecule has 2 aliphatic rings. The third-order valence-corrected chi connectivity index (χ3v) is 5.76. The zero-order valence-electron chi connectivity index (χ0n) is 12.8. The van der Waals surface area contributed by atoms with Crippen molar-refractivity contribution in [2.24, 2.45) is 16.7 Å². The second-order valence-corrected chi connectivity index (χ2v) is 6.91. The van der Waals surface area contributed by atoms with Crippen molar-refractivity contribution in [1.29, 1.82) is 0 Å². The second-order valence-electron chi connectivity index (χ2n) is 6.91. The van der Waals surface area contributed by atoms with Crippen LogP contribution in [0.5, 0.6) is 0 Å². The van der Waals surface area contributed by atoms with E-state index in [2.05, 4.69) is 26.1 Å². The number of fused-ring (bicyclic) bond motifs is 2. The molecule has 2 bridgehead atoms. The Balaban J connectivity index is 1.83. The molecule has 0 saturated heterocycles. The van der Waals surface area contributed by atoms with Crippen LogP contribution in [0.3, 0.4) is 0 Å². The lowest BCUT2D eigenvalue weighted by Gasteiger charge is -2.31. The number of nitrogens with one attached hydrogen (secondary N) is 1. The summed E-state index contributed by atoms with van der Waals surface area (Å²) in [6.07, 6.45) is 3.63. The summed E-state index contributed by atoms with van der Waals surface area (Å²) in [5.41, 5.74) is 1.10. The zero-order valence-corrected chi connectivity index (χ0v) is 12.8. The summed E-state index contributed by atoms with van der Waals surface area (Å²) in [6, 6.07) is 9.06. The van der Waals surface area contributed by atoms with Gasteiger partial charge >= 0.3 is 0 Å². The van der Waals surface area contributed by atoms with Gasteiger partial charge in [0, 0.05) is 22.8 Å². The molecule has 1 N–H and O–H groups in total. The van der Waals surface area contributed by atoms with E-state index >= 15 is 0 Å². The van der Waals surface area contributed by atoms with Crippen LogP contribution >= 0.6 is 0 Å². The molecule has 3 heteroatoms. The van der Waals surface area contributed by atoms with Gasteiger partial charge in [0.1, 0.15) is 0 Å². The molecule has 0 aliphatic heterocycles. The fourth-order valence-electron chi connectivity index (χ4n) is 3.91. The summed E-state index contributed by atoms with van der Waals surface area (Å²) in [7, 11) is 0. The first kappa shape index (κ1) is 14.1. The number of hydrogen-bond donors (Lipinski definition) is 1. The number of rotatable bonds is 2. The number of hydrogen-bond acceptors (Lipinski definition) is 2. The first-order valence-electron chi connectivity index (χ1n) is 7.49. The first-order chi connectivity index (χ1) is 9.88. The Morgan fingerprint density at radius 3 is 2.48 bits per heavy atom. The molecular weight excluding hydrogens is 262 g/mol. The van der Waals surface area contributed by atoms with Crippen LogP contribution < -0.4 is 5.32 Å². The predicted molar refractivity (Wildman–Crippen MR) is 81.6 cm³/mol. The summed E-state index contributed by atoms with van der Waals surface area (Å²) in [6.45, 7) is 6.40. The molecule has 3 rings (SSSR count). The second kappa shape index (κ2) is 4.55. The smallest absolute Gasteiger partial charge is 0.255 e. The van der Waals surface area contributed by atoms with Gasteiger partial charge in [-0.15, -0.1) is 0 Å². The SMILES string of the molecule is CC1(C)[C@H]2CC[C@]1(C)C(=O)/C2=C/NC(=O)c1ccccc1. The number of carbonyl (C=O) groups excluding carboxylic acids is 2. The van der Waals surface area contributed by atoms with Gasteiger partial charge in [-0.25, -0.2) is 0 Å². The van der Waals surface area contributed by atoms with Crippen LogP contribution in [0.25, 0.3) is 0 Å². The number of carbonyl (C=O) groups is 2. The van der Waals surface area contributed by atoms with Crippen LogP contribution in [0.4, 0.5) is 0 Å². The number of amides is 1. The van der Waals surface area contributed by atoms with E-state index in [1.54, 1.807) is 18.3 Å². The summed E-state index contributed by atoms with van der Waals surface area (Å²) in [5.74, 6) is 0.296.